The van der Waals surface area contributed by atoms with Crippen molar-refractivity contribution in [1.29, 1.82) is 0 Å². The van der Waals surface area contributed by atoms with Crippen molar-refractivity contribution in [1.82, 2.24) is 0 Å². The Morgan fingerprint density at radius 3 is 2.94 bits per heavy atom. The van der Waals surface area contributed by atoms with Crippen LogP contribution in [0, 0.1) is 5.92 Å². The molecule has 0 saturated heterocycles. The van der Waals surface area contributed by atoms with E-state index in [9.17, 15) is 0 Å². The summed E-state index contributed by atoms with van der Waals surface area (Å²) in [7, 11) is 0. The van der Waals surface area contributed by atoms with Gasteiger partial charge in [0.2, 0.25) is 12.8 Å². The maximum absolute atomic E-state index is 5.32. The maximum Gasteiger partial charge on any atom is 0.231 e. The van der Waals surface area contributed by atoms with E-state index in [2.05, 4.69) is 10.2 Å². The molecule has 0 aromatic heterocycles. The lowest BCUT2D eigenvalue weighted by Crippen LogP contribution is -2.21. The van der Waals surface area contributed by atoms with Crippen molar-refractivity contribution in [3.63, 3.8) is 0 Å². The van der Waals surface area contributed by atoms with E-state index in [0.717, 1.165) is 23.5 Å². The first-order chi connectivity index (χ1) is 8.65. The van der Waals surface area contributed by atoms with Crippen LogP contribution in [0.3, 0.4) is 0 Å². The smallest absolute Gasteiger partial charge is 0.231 e. The first kappa shape index (κ1) is 12.2. The summed E-state index contributed by atoms with van der Waals surface area (Å²) in [5.74, 6) is 1.77. The number of nitrogens with two attached hydrogens (primary N) is 2. The third-order valence-electron chi connectivity index (χ3n) is 2.49. The van der Waals surface area contributed by atoms with Gasteiger partial charge in [0.25, 0.3) is 0 Å². The van der Waals surface area contributed by atoms with Gasteiger partial charge in [0, 0.05) is 6.21 Å². The molecule has 1 aliphatic heterocycles. The molecule has 0 bridgehead atoms. The molecule has 2 rings (SSSR count). The van der Waals surface area contributed by atoms with Gasteiger partial charge in [-0.2, -0.15) is 5.10 Å². The molecule has 0 amide bonds. The summed E-state index contributed by atoms with van der Waals surface area (Å²) in [6, 6.07) is 5.91. The number of fused-ring (bicyclic) bond motifs is 1. The van der Waals surface area contributed by atoms with Crippen LogP contribution in [0.1, 0.15) is 12.5 Å². The molecule has 0 fully saturated rings. The first-order valence-electron chi connectivity index (χ1n) is 5.66. The Morgan fingerprint density at radius 1 is 1.39 bits per heavy atom. The van der Waals surface area contributed by atoms with Gasteiger partial charge in [0.1, 0.15) is 0 Å². The Labute approximate surface area is 105 Å². The van der Waals surface area contributed by atoms with Gasteiger partial charge in [0.15, 0.2) is 11.5 Å². The van der Waals surface area contributed by atoms with E-state index in [0.29, 0.717) is 6.79 Å². The Kier molecular flexibility index (Phi) is 3.66. The average molecular weight is 248 g/mol. The molecule has 1 aromatic rings. The second-order valence-corrected chi connectivity index (χ2v) is 4.16. The van der Waals surface area contributed by atoms with Crippen LogP contribution in [0.25, 0.3) is 0 Å². The molecule has 1 heterocycles. The van der Waals surface area contributed by atoms with Gasteiger partial charge in [-0.05, 0) is 30.0 Å². The van der Waals surface area contributed by atoms with Crippen LogP contribution in [0.2, 0.25) is 0 Å². The zero-order chi connectivity index (χ0) is 13.0. The minimum atomic E-state index is -0.0403. The molecule has 1 aromatic carbocycles. The molecule has 1 unspecified atom stereocenters. The number of nitrogens with zero attached hydrogens (tertiary/aromatic N) is 2. The summed E-state index contributed by atoms with van der Waals surface area (Å²) in [5.41, 5.74) is 11.5. The van der Waals surface area contributed by atoms with E-state index in [4.69, 9.17) is 20.9 Å². The number of hydrogen-bond acceptors (Lipinski definition) is 4. The monoisotopic (exact) mass is 248 g/mol. The summed E-state index contributed by atoms with van der Waals surface area (Å²) in [6.07, 6.45) is 2.55. The topological polar surface area (TPSA) is 95.2 Å². The molecule has 0 aliphatic carbocycles. The van der Waals surface area contributed by atoms with E-state index >= 15 is 0 Å². The fourth-order valence-corrected chi connectivity index (χ4v) is 1.71. The number of hydrogen-bond donors (Lipinski definition) is 2. The zero-order valence-electron chi connectivity index (χ0n) is 10.2. The Balaban J connectivity index is 1.97. The van der Waals surface area contributed by atoms with Crippen LogP contribution < -0.4 is 20.9 Å². The molecule has 1 aliphatic rings. The highest BCUT2D eigenvalue weighted by Gasteiger charge is 2.13. The van der Waals surface area contributed by atoms with E-state index in [1.54, 1.807) is 6.21 Å². The Bertz CT molecular complexity index is 481. The summed E-state index contributed by atoms with van der Waals surface area (Å²) >= 11 is 0. The molecule has 18 heavy (non-hydrogen) atoms. The number of benzene rings is 1. The molecule has 0 radical (unpaired) electrons. The minimum absolute atomic E-state index is 0.0403. The lowest BCUT2D eigenvalue weighted by molar-refractivity contribution is 0.174. The molecular formula is C12H16N4O2. The van der Waals surface area contributed by atoms with Crippen LogP contribution in [0.5, 0.6) is 11.5 Å². The standard InChI is InChI=1S/C12H16N4O2/c1-8(6-15-16-12(13)14)4-9-2-3-10-11(5-9)18-7-17-10/h2-3,5-6,8H,4,7H2,1H3,(H4,13,14,16). The fraction of sp³-hybridized carbons (Fsp3) is 0.333. The van der Waals surface area contributed by atoms with Crippen LogP contribution in [0.15, 0.2) is 28.4 Å². The fourth-order valence-electron chi connectivity index (χ4n) is 1.71. The van der Waals surface area contributed by atoms with Gasteiger partial charge < -0.3 is 20.9 Å². The van der Waals surface area contributed by atoms with Gasteiger partial charge in [0.05, 0.1) is 0 Å². The van der Waals surface area contributed by atoms with Gasteiger partial charge in [-0.25, -0.2) is 0 Å². The van der Waals surface area contributed by atoms with E-state index in [1.807, 2.05) is 25.1 Å². The lowest BCUT2D eigenvalue weighted by Gasteiger charge is -2.06. The normalized spacial score (nSPS) is 14.7. The summed E-state index contributed by atoms with van der Waals surface area (Å²) in [4.78, 5) is 0. The summed E-state index contributed by atoms with van der Waals surface area (Å²) in [6.45, 7) is 2.33. The molecule has 0 spiro atoms. The molecule has 96 valence electrons. The molecule has 0 saturated carbocycles. The quantitative estimate of drug-likeness (QED) is 0.469. The largest absolute Gasteiger partial charge is 0.454 e. The second kappa shape index (κ2) is 5.39. The minimum Gasteiger partial charge on any atom is -0.454 e. The van der Waals surface area contributed by atoms with Crippen LogP contribution >= 0.6 is 0 Å². The number of rotatable bonds is 4. The van der Waals surface area contributed by atoms with Gasteiger partial charge in [-0.15, -0.1) is 5.10 Å². The molecule has 4 N–H and O–H groups in total. The lowest BCUT2D eigenvalue weighted by atomic mass is 10.0. The van der Waals surface area contributed by atoms with Crippen molar-refractivity contribution in [3.8, 4) is 11.5 Å². The van der Waals surface area contributed by atoms with E-state index < -0.39 is 0 Å². The predicted octanol–water partition coefficient (Wildman–Crippen LogP) is 0.853. The van der Waals surface area contributed by atoms with E-state index in [-0.39, 0.29) is 11.9 Å². The van der Waals surface area contributed by atoms with Crippen molar-refractivity contribution in [3.05, 3.63) is 23.8 Å². The summed E-state index contributed by atoms with van der Waals surface area (Å²) in [5, 5.41) is 7.36. The summed E-state index contributed by atoms with van der Waals surface area (Å²) < 4.78 is 10.6. The predicted molar refractivity (Wildman–Crippen MR) is 69.7 cm³/mol. The van der Waals surface area contributed by atoms with Gasteiger partial charge in [-0.1, -0.05) is 13.0 Å². The van der Waals surface area contributed by atoms with Crippen molar-refractivity contribution in [2.45, 2.75) is 13.3 Å². The highest BCUT2D eigenvalue weighted by Crippen LogP contribution is 2.32. The molecule has 6 nitrogen and oxygen atoms in total. The van der Waals surface area contributed by atoms with Crippen LogP contribution in [-0.2, 0) is 6.42 Å². The van der Waals surface area contributed by atoms with Crippen molar-refractivity contribution in [2.24, 2.45) is 27.6 Å². The highest BCUT2D eigenvalue weighted by molar-refractivity contribution is 5.76. The first-order valence-corrected chi connectivity index (χ1v) is 5.66. The van der Waals surface area contributed by atoms with Crippen LogP contribution in [-0.4, -0.2) is 19.0 Å². The third-order valence-corrected chi connectivity index (χ3v) is 2.49. The number of ether oxygens (including phenoxy) is 2. The maximum atomic E-state index is 5.32. The molecule has 1 atom stereocenters. The molecular weight excluding hydrogens is 232 g/mol. The third kappa shape index (κ3) is 3.13. The Morgan fingerprint density at radius 2 is 2.17 bits per heavy atom. The highest BCUT2D eigenvalue weighted by atomic mass is 16.7. The van der Waals surface area contributed by atoms with Crippen molar-refractivity contribution < 1.29 is 9.47 Å². The van der Waals surface area contributed by atoms with Crippen LogP contribution in [0.4, 0.5) is 0 Å². The van der Waals surface area contributed by atoms with Crippen molar-refractivity contribution in [2.75, 3.05) is 6.79 Å². The Hall–Kier alpha value is -2.24. The second-order valence-electron chi connectivity index (χ2n) is 4.16. The number of guanidine groups is 1. The van der Waals surface area contributed by atoms with Gasteiger partial charge >= 0.3 is 0 Å². The average Bonchev–Trinajstić information content (AvgIpc) is 2.75. The molecule has 6 heteroatoms. The van der Waals surface area contributed by atoms with E-state index in [1.165, 1.54) is 0 Å². The van der Waals surface area contributed by atoms with Gasteiger partial charge in [-0.3, -0.25) is 0 Å². The van der Waals surface area contributed by atoms with Crippen molar-refractivity contribution >= 4 is 12.2 Å². The SMILES string of the molecule is CC(C=NN=C(N)N)Cc1ccc2c(c1)OCO2. The zero-order valence-corrected chi connectivity index (χ0v) is 10.2.